The summed E-state index contributed by atoms with van der Waals surface area (Å²) in [6.45, 7) is 2.02. The highest BCUT2D eigenvalue weighted by Gasteiger charge is 2.06. The number of benzene rings is 1. The average Bonchev–Trinajstić information content (AvgIpc) is 2.46. The van der Waals surface area contributed by atoms with Crippen LogP contribution in [0.3, 0.4) is 0 Å². The van der Waals surface area contributed by atoms with Gasteiger partial charge in [-0.05, 0) is 24.8 Å². The summed E-state index contributed by atoms with van der Waals surface area (Å²) < 4.78 is 0. The molecule has 0 heterocycles. The van der Waals surface area contributed by atoms with Crippen molar-refractivity contribution in [3.05, 3.63) is 35.9 Å². The van der Waals surface area contributed by atoms with Crippen molar-refractivity contribution >= 4 is 0 Å². The topological polar surface area (TPSA) is 40.5 Å². The number of hydrogen-bond donors (Lipinski definition) is 2. The van der Waals surface area contributed by atoms with E-state index in [0.29, 0.717) is 0 Å². The van der Waals surface area contributed by atoms with Crippen LogP contribution in [-0.2, 0) is 0 Å². The van der Waals surface area contributed by atoms with Crippen molar-refractivity contribution in [2.24, 2.45) is 0 Å². The lowest BCUT2D eigenvalue weighted by Crippen LogP contribution is -2.03. The van der Waals surface area contributed by atoms with Crippen LogP contribution in [0.15, 0.2) is 30.3 Å². The smallest absolute Gasteiger partial charge is 0.0790 e. The molecule has 2 unspecified atom stereocenters. The minimum atomic E-state index is -0.317. The van der Waals surface area contributed by atoms with Gasteiger partial charge in [-0.15, -0.1) is 0 Å². The average molecular weight is 264 g/mol. The third kappa shape index (κ3) is 7.34. The van der Waals surface area contributed by atoms with Gasteiger partial charge in [0.05, 0.1) is 12.2 Å². The molecule has 0 aliphatic heterocycles. The van der Waals surface area contributed by atoms with Crippen LogP contribution >= 0.6 is 0 Å². The summed E-state index contributed by atoms with van der Waals surface area (Å²) in [6.07, 6.45) is 7.99. The maximum atomic E-state index is 9.99. The number of rotatable bonds is 10. The second-order valence-electron chi connectivity index (χ2n) is 5.33. The lowest BCUT2D eigenvalue weighted by atomic mass is 10.0. The van der Waals surface area contributed by atoms with E-state index in [0.717, 1.165) is 37.7 Å². The van der Waals surface area contributed by atoms with Crippen molar-refractivity contribution in [3.8, 4) is 0 Å². The molecular formula is C17H28O2. The predicted molar refractivity (Wildman–Crippen MR) is 80.0 cm³/mol. The summed E-state index contributed by atoms with van der Waals surface area (Å²) in [5.74, 6) is 0. The maximum Gasteiger partial charge on any atom is 0.0790 e. The fraction of sp³-hybridized carbons (Fsp3) is 0.647. The second kappa shape index (κ2) is 9.99. The van der Waals surface area contributed by atoms with Crippen molar-refractivity contribution < 1.29 is 10.2 Å². The molecule has 2 N–H and O–H groups in total. The molecule has 0 aliphatic carbocycles. The first-order valence-electron chi connectivity index (χ1n) is 7.65. The first-order valence-corrected chi connectivity index (χ1v) is 7.65. The molecule has 2 nitrogen and oxygen atoms in total. The van der Waals surface area contributed by atoms with Gasteiger partial charge in [-0.25, -0.2) is 0 Å². The quantitative estimate of drug-likeness (QED) is 0.621. The van der Waals surface area contributed by atoms with Gasteiger partial charge in [-0.3, -0.25) is 0 Å². The molecule has 0 radical (unpaired) electrons. The van der Waals surface area contributed by atoms with Crippen LogP contribution in [0, 0.1) is 0 Å². The van der Waals surface area contributed by atoms with Crippen molar-refractivity contribution in [3.63, 3.8) is 0 Å². The van der Waals surface area contributed by atoms with Crippen LogP contribution in [-0.4, -0.2) is 16.3 Å². The van der Waals surface area contributed by atoms with Crippen molar-refractivity contribution in [1.29, 1.82) is 0 Å². The van der Waals surface area contributed by atoms with Crippen molar-refractivity contribution in [1.82, 2.24) is 0 Å². The lowest BCUT2D eigenvalue weighted by Gasteiger charge is -2.10. The first kappa shape index (κ1) is 16.2. The molecular weight excluding hydrogens is 236 g/mol. The Hall–Kier alpha value is -0.860. The van der Waals surface area contributed by atoms with Gasteiger partial charge in [0.1, 0.15) is 0 Å². The summed E-state index contributed by atoms with van der Waals surface area (Å²) in [4.78, 5) is 0. The molecule has 19 heavy (non-hydrogen) atoms. The van der Waals surface area contributed by atoms with E-state index in [1.807, 2.05) is 37.3 Å². The fourth-order valence-electron chi connectivity index (χ4n) is 2.29. The van der Waals surface area contributed by atoms with Gasteiger partial charge in [-0.1, -0.05) is 69.4 Å². The molecule has 0 aliphatic rings. The van der Waals surface area contributed by atoms with Gasteiger partial charge in [0, 0.05) is 0 Å². The van der Waals surface area contributed by atoms with Crippen LogP contribution in [0.25, 0.3) is 0 Å². The zero-order chi connectivity index (χ0) is 13.9. The molecule has 2 heteroatoms. The Balaban J connectivity index is 1.99. The summed E-state index contributed by atoms with van der Waals surface area (Å²) in [5.41, 5.74) is 1.02. The summed E-state index contributed by atoms with van der Waals surface area (Å²) >= 11 is 0. The van der Waals surface area contributed by atoms with Gasteiger partial charge in [0.15, 0.2) is 0 Å². The summed E-state index contributed by atoms with van der Waals surface area (Å²) in [7, 11) is 0. The Kier molecular flexibility index (Phi) is 8.52. The van der Waals surface area contributed by atoms with Gasteiger partial charge >= 0.3 is 0 Å². The van der Waals surface area contributed by atoms with Crippen LogP contribution in [0.2, 0.25) is 0 Å². The monoisotopic (exact) mass is 264 g/mol. The van der Waals surface area contributed by atoms with E-state index >= 15 is 0 Å². The third-order valence-electron chi connectivity index (χ3n) is 3.67. The molecule has 0 bridgehead atoms. The van der Waals surface area contributed by atoms with E-state index in [4.69, 9.17) is 0 Å². The van der Waals surface area contributed by atoms with E-state index in [9.17, 15) is 10.2 Å². The Morgan fingerprint density at radius 3 is 2.05 bits per heavy atom. The van der Waals surface area contributed by atoms with Gasteiger partial charge in [-0.2, -0.15) is 0 Å². The first-order chi connectivity index (χ1) is 9.24. The number of unbranched alkanes of at least 4 members (excludes halogenated alkanes) is 4. The lowest BCUT2D eigenvalue weighted by molar-refractivity contribution is 0.155. The standard InChI is InChI=1S/C17H28O2/c1-2-16(18)13-9-4-3-5-10-14-17(19)15-11-7-6-8-12-15/h6-8,11-12,16-19H,2-5,9-10,13-14H2,1H3. The van der Waals surface area contributed by atoms with E-state index in [1.165, 1.54) is 19.3 Å². The normalized spacial score (nSPS) is 14.3. The van der Waals surface area contributed by atoms with E-state index < -0.39 is 0 Å². The van der Waals surface area contributed by atoms with Crippen LogP contribution in [0.1, 0.15) is 70.0 Å². The van der Waals surface area contributed by atoms with Gasteiger partial charge < -0.3 is 10.2 Å². The van der Waals surface area contributed by atoms with Crippen LogP contribution in [0.5, 0.6) is 0 Å². The molecule has 1 rings (SSSR count). The Morgan fingerprint density at radius 2 is 1.42 bits per heavy atom. The number of aliphatic hydroxyl groups excluding tert-OH is 2. The highest BCUT2D eigenvalue weighted by atomic mass is 16.3. The van der Waals surface area contributed by atoms with Crippen LogP contribution < -0.4 is 0 Å². The van der Waals surface area contributed by atoms with E-state index in [1.54, 1.807) is 0 Å². The third-order valence-corrected chi connectivity index (χ3v) is 3.67. The van der Waals surface area contributed by atoms with E-state index in [-0.39, 0.29) is 12.2 Å². The van der Waals surface area contributed by atoms with Gasteiger partial charge in [0.25, 0.3) is 0 Å². The largest absolute Gasteiger partial charge is 0.393 e. The molecule has 1 aromatic carbocycles. The molecule has 1 aromatic rings. The molecule has 0 amide bonds. The zero-order valence-corrected chi connectivity index (χ0v) is 12.1. The van der Waals surface area contributed by atoms with Crippen molar-refractivity contribution in [2.45, 2.75) is 70.5 Å². The SMILES string of the molecule is CCC(O)CCCCCCCC(O)c1ccccc1. The van der Waals surface area contributed by atoms with Gasteiger partial charge in [0.2, 0.25) is 0 Å². The van der Waals surface area contributed by atoms with E-state index in [2.05, 4.69) is 0 Å². The minimum Gasteiger partial charge on any atom is -0.393 e. The summed E-state index contributed by atoms with van der Waals surface area (Å²) in [5, 5.41) is 19.4. The maximum absolute atomic E-state index is 9.99. The number of aliphatic hydroxyl groups is 2. The summed E-state index contributed by atoms with van der Waals surface area (Å²) in [6, 6.07) is 9.88. The zero-order valence-electron chi connectivity index (χ0n) is 12.1. The highest BCUT2D eigenvalue weighted by molar-refractivity contribution is 5.16. The molecule has 0 saturated carbocycles. The second-order valence-corrected chi connectivity index (χ2v) is 5.33. The molecule has 2 atom stereocenters. The van der Waals surface area contributed by atoms with Crippen molar-refractivity contribution in [2.75, 3.05) is 0 Å². The molecule has 108 valence electrons. The molecule has 0 fully saturated rings. The minimum absolute atomic E-state index is 0.111. The molecule has 0 aromatic heterocycles. The highest BCUT2D eigenvalue weighted by Crippen LogP contribution is 2.19. The Bertz CT molecular complexity index is 310. The fourth-order valence-corrected chi connectivity index (χ4v) is 2.29. The number of hydrogen-bond acceptors (Lipinski definition) is 2. The molecule has 0 saturated heterocycles. The Labute approximate surface area is 117 Å². The predicted octanol–water partition coefficient (Wildman–Crippen LogP) is 4.22. The van der Waals surface area contributed by atoms with Crippen LogP contribution in [0.4, 0.5) is 0 Å². The Morgan fingerprint density at radius 1 is 0.842 bits per heavy atom. The molecule has 0 spiro atoms.